The van der Waals surface area contributed by atoms with Gasteiger partial charge in [-0.05, 0) is 61.6 Å². The largest absolute Gasteiger partial charge is 0.506 e. The van der Waals surface area contributed by atoms with Crippen LogP contribution in [0.2, 0.25) is 0 Å². The number of phenols is 1. The number of benzene rings is 1. The van der Waals surface area contributed by atoms with Crippen molar-refractivity contribution in [1.82, 2.24) is 5.32 Å². The lowest BCUT2D eigenvalue weighted by atomic mass is 9.98. The molecule has 2 aliphatic carbocycles. The fourth-order valence-electron chi connectivity index (χ4n) is 2.76. The Labute approximate surface area is 113 Å². The van der Waals surface area contributed by atoms with Gasteiger partial charge in [-0.1, -0.05) is 0 Å². The molecule has 4 N–H and O–H groups in total. The van der Waals surface area contributed by atoms with Crippen molar-refractivity contribution in [1.29, 1.82) is 0 Å². The molecule has 2 saturated carbocycles. The van der Waals surface area contributed by atoms with Crippen LogP contribution in [0.3, 0.4) is 0 Å². The minimum absolute atomic E-state index is 0.0337. The summed E-state index contributed by atoms with van der Waals surface area (Å²) in [5, 5.41) is 12.5. The molecule has 0 saturated heterocycles. The average Bonchev–Trinajstić information content (AvgIpc) is 3.26. The quantitative estimate of drug-likeness (QED) is 0.561. The van der Waals surface area contributed by atoms with Crippen molar-refractivity contribution in [3.05, 3.63) is 23.8 Å². The van der Waals surface area contributed by atoms with E-state index in [0.717, 1.165) is 18.4 Å². The number of amides is 1. The van der Waals surface area contributed by atoms with Crippen LogP contribution in [0, 0.1) is 17.8 Å². The van der Waals surface area contributed by atoms with E-state index in [-0.39, 0.29) is 11.7 Å². The maximum absolute atomic E-state index is 12.0. The first kappa shape index (κ1) is 12.3. The molecule has 0 spiro atoms. The summed E-state index contributed by atoms with van der Waals surface area (Å²) in [7, 11) is 0. The summed E-state index contributed by atoms with van der Waals surface area (Å²) in [4.78, 5) is 12.0. The van der Waals surface area contributed by atoms with Crippen LogP contribution < -0.4 is 11.1 Å². The topological polar surface area (TPSA) is 75.4 Å². The number of nitrogen functional groups attached to an aromatic ring is 1. The smallest absolute Gasteiger partial charge is 0.251 e. The van der Waals surface area contributed by atoms with Gasteiger partial charge in [0.25, 0.3) is 5.91 Å². The van der Waals surface area contributed by atoms with E-state index in [1.54, 1.807) is 12.1 Å². The van der Waals surface area contributed by atoms with Gasteiger partial charge < -0.3 is 16.2 Å². The second kappa shape index (κ2) is 4.76. The Morgan fingerprint density at radius 3 is 2.47 bits per heavy atom. The number of phenolic OH excluding ortho intramolecular Hbond substituents is 1. The van der Waals surface area contributed by atoms with Crippen molar-refractivity contribution < 1.29 is 9.90 Å². The van der Waals surface area contributed by atoms with E-state index in [2.05, 4.69) is 5.32 Å². The number of aromatic hydroxyl groups is 1. The predicted octanol–water partition coefficient (Wildman–Crippen LogP) is 2.14. The zero-order valence-electron chi connectivity index (χ0n) is 10.9. The number of hydrogen-bond donors (Lipinski definition) is 3. The van der Waals surface area contributed by atoms with E-state index in [1.165, 1.54) is 31.7 Å². The third-order valence-electron chi connectivity index (χ3n) is 4.25. The Balaban J connectivity index is 1.59. The van der Waals surface area contributed by atoms with Crippen LogP contribution in [-0.2, 0) is 0 Å². The average molecular weight is 260 g/mol. The summed E-state index contributed by atoms with van der Waals surface area (Å²) in [6.07, 6.45) is 5.28. The maximum atomic E-state index is 12.0. The van der Waals surface area contributed by atoms with Crippen LogP contribution >= 0.6 is 0 Å². The van der Waals surface area contributed by atoms with Crippen LogP contribution in [0.5, 0.6) is 5.75 Å². The lowest BCUT2D eigenvalue weighted by Crippen LogP contribution is -2.31. The fourth-order valence-corrected chi connectivity index (χ4v) is 2.76. The first-order valence-corrected chi connectivity index (χ1v) is 7.02. The van der Waals surface area contributed by atoms with Crippen LogP contribution in [0.25, 0.3) is 0 Å². The molecule has 1 aromatic carbocycles. The first-order valence-electron chi connectivity index (χ1n) is 7.02. The van der Waals surface area contributed by atoms with Crippen LogP contribution in [-0.4, -0.2) is 17.6 Å². The molecular formula is C15H20N2O2. The summed E-state index contributed by atoms with van der Waals surface area (Å²) in [5.74, 6) is 2.15. The minimum Gasteiger partial charge on any atom is -0.506 e. The van der Waals surface area contributed by atoms with Gasteiger partial charge in [0, 0.05) is 12.1 Å². The number of nitrogens with two attached hydrogens (primary N) is 1. The number of carbonyl (C=O) groups is 1. The number of hydrogen-bond acceptors (Lipinski definition) is 3. The molecule has 4 heteroatoms. The second-order valence-corrected chi connectivity index (χ2v) is 5.82. The molecule has 0 unspecified atom stereocenters. The van der Waals surface area contributed by atoms with E-state index < -0.39 is 0 Å². The molecule has 2 fully saturated rings. The third kappa shape index (κ3) is 2.83. The van der Waals surface area contributed by atoms with E-state index in [1.807, 2.05) is 0 Å². The van der Waals surface area contributed by atoms with Gasteiger partial charge in [-0.15, -0.1) is 0 Å². The molecule has 4 nitrogen and oxygen atoms in total. The van der Waals surface area contributed by atoms with E-state index >= 15 is 0 Å². The Hall–Kier alpha value is -1.71. The van der Waals surface area contributed by atoms with Gasteiger partial charge in [0.15, 0.2) is 0 Å². The molecule has 0 atom stereocenters. The van der Waals surface area contributed by atoms with Gasteiger partial charge >= 0.3 is 0 Å². The standard InChI is InChI=1S/C15H20N2O2/c16-13-6-5-11(7-14(13)18)15(19)17-8-12(9-1-2-9)10-3-4-10/h5-7,9-10,12,18H,1-4,8,16H2,(H,17,19). The zero-order valence-corrected chi connectivity index (χ0v) is 10.9. The maximum Gasteiger partial charge on any atom is 0.251 e. The predicted molar refractivity (Wildman–Crippen MR) is 73.8 cm³/mol. The van der Waals surface area contributed by atoms with Gasteiger partial charge in [0.2, 0.25) is 0 Å². The number of carbonyl (C=O) groups excluding carboxylic acids is 1. The molecule has 0 bridgehead atoms. The van der Waals surface area contributed by atoms with Crippen molar-refractivity contribution in [3.63, 3.8) is 0 Å². The Morgan fingerprint density at radius 1 is 1.32 bits per heavy atom. The first-order chi connectivity index (χ1) is 9.15. The summed E-state index contributed by atoms with van der Waals surface area (Å²) >= 11 is 0. The monoisotopic (exact) mass is 260 g/mol. The summed E-state index contributed by atoms with van der Waals surface area (Å²) in [6, 6.07) is 4.63. The highest BCUT2D eigenvalue weighted by Crippen LogP contribution is 2.48. The van der Waals surface area contributed by atoms with Gasteiger partial charge in [-0.2, -0.15) is 0 Å². The zero-order chi connectivity index (χ0) is 13.4. The van der Waals surface area contributed by atoms with Crippen molar-refractivity contribution in [2.45, 2.75) is 25.7 Å². The van der Waals surface area contributed by atoms with Crippen LogP contribution in [0.1, 0.15) is 36.0 Å². The van der Waals surface area contributed by atoms with E-state index in [0.29, 0.717) is 17.2 Å². The van der Waals surface area contributed by atoms with Crippen molar-refractivity contribution >= 4 is 11.6 Å². The molecule has 102 valence electrons. The Morgan fingerprint density at radius 2 is 1.95 bits per heavy atom. The molecule has 3 rings (SSSR count). The van der Waals surface area contributed by atoms with E-state index in [9.17, 15) is 9.90 Å². The highest BCUT2D eigenvalue weighted by molar-refractivity contribution is 5.95. The third-order valence-corrected chi connectivity index (χ3v) is 4.25. The fraction of sp³-hybridized carbons (Fsp3) is 0.533. The minimum atomic E-state index is -0.124. The van der Waals surface area contributed by atoms with Gasteiger partial charge in [0.1, 0.15) is 5.75 Å². The molecule has 0 heterocycles. The number of anilines is 1. The molecule has 0 aromatic heterocycles. The summed E-state index contributed by atoms with van der Waals surface area (Å²) in [5.41, 5.74) is 6.29. The van der Waals surface area contributed by atoms with Crippen LogP contribution in [0.4, 0.5) is 5.69 Å². The SMILES string of the molecule is Nc1ccc(C(=O)NCC(C2CC2)C2CC2)cc1O. The molecule has 0 aliphatic heterocycles. The van der Waals surface area contributed by atoms with Gasteiger partial charge in [-0.25, -0.2) is 0 Å². The molecular weight excluding hydrogens is 240 g/mol. The summed E-state index contributed by atoms with van der Waals surface area (Å²) in [6.45, 7) is 0.763. The normalized spacial score (nSPS) is 18.6. The van der Waals surface area contributed by atoms with Gasteiger partial charge in [-0.3, -0.25) is 4.79 Å². The lowest BCUT2D eigenvalue weighted by Gasteiger charge is -2.16. The van der Waals surface area contributed by atoms with Gasteiger partial charge in [0.05, 0.1) is 5.69 Å². The Bertz CT molecular complexity index is 481. The lowest BCUT2D eigenvalue weighted by molar-refractivity contribution is 0.0943. The molecule has 2 aliphatic rings. The van der Waals surface area contributed by atoms with Crippen molar-refractivity contribution in [3.8, 4) is 5.75 Å². The van der Waals surface area contributed by atoms with Crippen molar-refractivity contribution in [2.24, 2.45) is 17.8 Å². The molecule has 1 amide bonds. The van der Waals surface area contributed by atoms with E-state index in [4.69, 9.17) is 5.73 Å². The highest BCUT2D eigenvalue weighted by Gasteiger charge is 2.41. The molecule has 19 heavy (non-hydrogen) atoms. The molecule has 1 aromatic rings. The van der Waals surface area contributed by atoms with Crippen LogP contribution in [0.15, 0.2) is 18.2 Å². The summed E-state index contributed by atoms with van der Waals surface area (Å²) < 4.78 is 0. The second-order valence-electron chi connectivity index (χ2n) is 5.82. The number of nitrogens with one attached hydrogen (secondary N) is 1. The number of rotatable bonds is 5. The molecule has 0 radical (unpaired) electrons. The highest BCUT2D eigenvalue weighted by atomic mass is 16.3. The Kier molecular flexibility index (Phi) is 3.09. The van der Waals surface area contributed by atoms with Crippen molar-refractivity contribution in [2.75, 3.05) is 12.3 Å².